The van der Waals surface area contributed by atoms with Gasteiger partial charge in [0.2, 0.25) is 0 Å². The van der Waals surface area contributed by atoms with Crippen molar-refractivity contribution in [3.8, 4) is 11.8 Å². The maximum absolute atomic E-state index is 10.5. The van der Waals surface area contributed by atoms with Gasteiger partial charge in [-0.2, -0.15) is 0 Å². The second-order valence-corrected chi connectivity index (χ2v) is 8.52. The summed E-state index contributed by atoms with van der Waals surface area (Å²) in [7, 11) is 0. The lowest BCUT2D eigenvalue weighted by Crippen LogP contribution is -2.29. The molecular formula is C18H29N3O2S. The summed E-state index contributed by atoms with van der Waals surface area (Å²) < 4.78 is 1.62. The predicted octanol–water partition coefficient (Wildman–Crippen LogP) is 4.10. The number of thioether (sulfide) groups is 1. The normalized spacial score (nSPS) is 24.8. The molecule has 0 aromatic carbocycles. The fourth-order valence-corrected chi connectivity index (χ4v) is 5.59. The quantitative estimate of drug-likeness (QED) is 0.323. The van der Waals surface area contributed by atoms with Crippen LogP contribution < -0.4 is 5.32 Å². The molecule has 0 unspecified atom stereocenters. The Bertz CT molecular complexity index is 591. The highest BCUT2D eigenvalue weighted by molar-refractivity contribution is 8.00. The number of amidine groups is 1. The Hall–Kier alpha value is -1.30. The van der Waals surface area contributed by atoms with Crippen molar-refractivity contribution < 1.29 is 10.2 Å². The zero-order valence-corrected chi connectivity index (χ0v) is 15.3. The van der Waals surface area contributed by atoms with Gasteiger partial charge >= 0.3 is 0 Å². The summed E-state index contributed by atoms with van der Waals surface area (Å²) >= 11 is 1.85. The van der Waals surface area contributed by atoms with Crippen molar-refractivity contribution in [3.63, 3.8) is 0 Å². The number of fused-ring (bicyclic) bond motifs is 2. The summed E-state index contributed by atoms with van der Waals surface area (Å²) in [5, 5.41) is 31.9. The van der Waals surface area contributed by atoms with Crippen LogP contribution in [0.25, 0.3) is 0 Å². The molecule has 0 radical (unpaired) electrons. The van der Waals surface area contributed by atoms with Crippen LogP contribution in [0.4, 0.5) is 0 Å². The van der Waals surface area contributed by atoms with Crippen molar-refractivity contribution in [3.05, 3.63) is 11.6 Å². The van der Waals surface area contributed by atoms with E-state index in [1.807, 2.05) is 11.8 Å². The first-order valence-electron chi connectivity index (χ1n) is 9.16. The summed E-state index contributed by atoms with van der Waals surface area (Å²) in [4.78, 5) is 0. The fourth-order valence-electron chi connectivity index (χ4n) is 4.07. The molecule has 3 heterocycles. The zero-order valence-electron chi connectivity index (χ0n) is 14.5. The van der Waals surface area contributed by atoms with Crippen molar-refractivity contribution in [2.45, 2.75) is 69.1 Å². The molecule has 0 spiro atoms. The average Bonchev–Trinajstić information content (AvgIpc) is 2.75. The Morgan fingerprint density at radius 2 is 2.12 bits per heavy atom. The van der Waals surface area contributed by atoms with E-state index in [1.54, 1.807) is 10.6 Å². The zero-order chi connectivity index (χ0) is 17.2. The Balaban J connectivity index is 1.57. The number of nitrogens with one attached hydrogen (secondary N) is 2. The van der Waals surface area contributed by atoms with Crippen molar-refractivity contribution in [1.29, 1.82) is 5.41 Å². The van der Waals surface area contributed by atoms with Gasteiger partial charge in [0.05, 0.1) is 5.84 Å². The van der Waals surface area contributed by atoms with Crippen molar-refractivity contribution in [1.82, 2.24) is 9.88 Å². The van der Waals surface area contributed by atoms with Crippen LogP contribution in [0.15, 0.2) is 6.07 Å². The third-order valence-electron chi connectivity index (χ3n) is 5.46. The van der Waals surface area contributed by atoms with Gasteiger partial charge in [-0.1, -0.05) is 19.8 Å². The van der Waals surface area contributed by atoms with Gasteiger partial charge in [0.25, 0.3) is 0 Å². The smallest absolute Gasteiger partial charge is 0.198 e. The SMILES string of the molecule is CCCCCNC(=N)CCSC12CCC(CC1)n1c(O)cc2c1O. The van der Waals surface area contributed by atoms with Gasteiger partial charge in [0, 0.05) is 41.1 Å². The van der Waals surface area contributed by atoms with E-state index in [2.05, 4.69) is 12.2 Å². The molecule has 1 fully saturated rings. The number of aromatic nitrogens is 1. The predicted molar refractivity (Wildman–Crippen MR) is 99.3 cm³/mol. The van der Waals surface area contributed by atoms with Gasteiger partial charge < -0.3 is 15.5 Å². The van der Waals surface area contributed by atoms with Gasteiger partial charge in [-0.3, -0.25) is 9.98 Å². The molecule has 4 rings (SSSR count). The largest absolute Gasteiger partial charge is 0.494 e. The van der Waals surface area contributed by atoms with E-state index in [-0.39, 0.29) is 22.5 Å². The Morgan fingerprint density at radius 1 is 1.38 bits per heavy atom. The molecule has 4 N–H and O–H groups in total. The van der Waals surface area contributed by atoms with E-state index in [9.17, 15) is 10.2 Å². The first-order chi connectivity index (χ1) is 11.6. The van der Waals surface area contributed by atoms with Crippen LogP contribution in [-0.4, -0.2) is 32.9 Å². The highest BCUT2D eigenvalue weighted by Crippen LogP contribution is 2.59. The molecule has 1 aromatic heterocycles. The molecule has 0 saturated heterocycles. The Morgan fingerprint density at radius 3 is 2.83 bits per heavy atom. The van der Waals surface area contributed by atoms with Crippen molar-refractivity contribution in [2.24, 2.45) is 0 Å². The lowest BCUT2D eigenvalue weighted by molar-refractivity contribution is 0.276. The van der Waals surface area contributed by atoms with Gasteiger partial charge in [-0.05, 0) is 32.1 Å². The van der Waals surface area contributed by atoms with Gasteiger partial charge in [0.1, 0.15) is 0 Å². The molecule has 5 nitrogen and oxygen atoms in total. The van der Waals surface area contributed by atoms with Crippen molar-refractivity contribution >= 4 is 17.6 Å². The minimum atomic E-state index is -0.0949. The minimum absolute atomic E-state index is 0.0949. The number of hydrogen-bond donors (Lipinski definition) is 4. The summed E-state index contributed by atoms with van der Waals surface area (Å²) in [6, 6.07) is 1.98. The molecule has 24 heavy (non-hydrogen) atoms. The number of hydrogen-bond acceptors (Lipinski definition) is 4. The summed E-state index contributed by atoms with van der Waals surface area (Å²) in [6.07, 6.45) is 8.35. The average molecular weight is 352 g/mol. The summed E-state index contributed by atoms with van der Waals surface area (Å²) in [6.45, 7) is 3.07. The van der Waals surface area contributed by atoms with E-state index < -0.39 is 0 Å². The molecule has 3 aliphatic rings. The molecule has 2 aliphatic heterocycles. The van der Waals surface area contributed by atoms with Crippen LogP contribution in [0, 0.1) is 5.41 Å². The first-order valence-corrected chi connectivity index (χ1v) is 10.1. The van der Waals surface area contributed by atoms with Crippen LogP contribution in [0.2, 0.25) is 0 Å². The number of unbranched alkanes of at least 4 members (excludes halogenated alkanes) is 2. The maximum Gasteiger partial charge on any atom is 0.198 e. The molecule has 0 amide bonds. The summed E-state index contributed by atoms with van der Waals surface area (Å²) in [5.74, 6) is 1.94. The second kappa shape index (κ2) is 7.30. The minimum Gasteiger partial charge on any atom is -0.494 e. The van der Waals surface area contributed by atoms with Crippen LogP contribution in [0.1, 0.15) is 69.9 Å². The van der Waals surface area contributed by atoms with Crippen LogP contribution in [0.3, 0.4) is 0 Å². The molecule has 134 valence electrons. The van der Waals surface area contributed by atoms with E-state index in [0.29, 0.717) is 5.84 Å². The standard InChI is InChI=1S/C18H29N3O2S/c1-2-3-4-10-20-15(19)7-11-24-18-8-5-13(6-9-18)21-16(22)12-14(18)17(21)23/h12-13,22-23H,2-11H2,1H3,(H2,19,20). The van der Waals surface area contributed by atoms with Crippen LogP contribution >= 0.6 is 11.8 Å². The van der Waals surface area contributed by atoms with Crippen molar-refractivity contribution in [2.75, 3.05) is 12.3 Å². The van der Waals surface area contributed by atoms with E-state index in [4.69, 9.17) is 5.41 Å². The molecule has 1 saturated carbocycles. The van der Waals surface area contributed by atoms with Gasteiger partial charge in [0.15, 0.2) is 11.8 Å². The third kappa shape index (κ3) is 3.25. The maximum atomic E-state index is 10.5. The summed E-state index contributed by atoms with van der Waals surface area (Å²) in [5.41, 5.74) is 0.896. The second-order valence-electron chi connectivity index (χ2n) is 7.05. The fraction of sp³-hybridized carbons (Fsp3) is 0.722. The number of aromatic hydroxyl groups is 2. The topological polar surface area (TPSA) is 81.3 Å². The van der Waals surface area contributed by atoms with E-state index in [0.717, 1.165) is 56.4 Å². The van der Waals surface area contributed by atoms with E-state index >= 15 is 0 Å². The van der Waals surface area contributed by atoms with Crippen LogP contribution in [-0.2, 0) is 4.75 Å². The van der Waals surface area contributed by atoms with Gasteiger partial charge in [-0.25, -0.2) is 0 Å². The molecule has 4 bridgehead atoms. The number of nitrogens with zero attached hydrogens (tertiary/aromatic N) is 1. The molecule has 0 atom stereocenters. The highest BCUT2D eigenvalue weighted by atomic mass is 32.2. The molecular weight excluding hydrogens is 322 g/mol. The Labute approximate surface area is 148 Å². The third-order valence-corrected chi connectivity index (χ3v) is 7.05. The molecule has 1 aliphatic carbocycles. The molecule has 6 heteroatoms. The van der Waals surface area contributed by atoms with Crippen LogP contribution in [0.5, 0.6) is 11.8 Å². The monoisotopic (exact) mass is 351 g/mol. The number of rotatable bonds is 8. The molecule has 1 aromatic rings. The Kier molecular flexibility index (Phi) is 5.33. The first kappa shape index (κ1) is 17.5. The lowest BCUT2D eigenvalue weighted by atomic mass is 9.82. The van der Waals surface area contributed by atoms with E-state index in [1.165, 1.54) is 12.8 Å². The lowest BCUT2D eigenvalue weighted by Gasteiger charge is -2.37. The van der Waals surface area contributed by atoms with Gasteiger partial charge in [-0.15, -0.1) is 11.8 Å². The highest BCUT2D eigenvalue weighted by Gasteiger charge is 2.45.